The van der Waals surface area contributed by atoms with Gasteiger partial charge >= 0.3 is 0 Å². The summed E-state index contributed by atoms with van der Waals surface area (Å²) in [6, 6.07) is 0. The van der Waals surface area contributed by atoms with Gasteiger partial charge in [0.2, 0.25) is 0 Å². The molecule has 0 N–H and O–H groups in total. The van der Waals surface area contributed by atoms with Gasteiger partial charge < -0.3 is 0 Å². The summed E-state index contributed by atoms with van der Waals surface area (Å²) >= 11 is 8.73. The Balaban J connectivity index is 0. The van der Waals surface area contributed by atoms with Crippen LogP contribution in [0, 0.1) is 0 Å². The van der Waals surface area contributed by atoms with Gasteiger partial charge in [-0.1, -0.05) is 55.5 Å². The van der Waals surface area contributed by atoms with E-state index in [1.54, 1.807) is 0 Å². The zero-order valence-electron chi connectivity index (χ0n) is 8.41. The number of halogens is 2. The first-order valence-corrected chi connectivity index (χ1v) is 6.60. The molecule has 0 unspecified atom stereocenters. The van der Waals surface area contributed by atoms with E-state index in [0.29, 0.717) is 0 Å². The van der Waals surface area contributed by atoms with Crippen molar-refractivity contribution < 1.29 is 0 Å². The van der Waals surface area contributed by atoms with Crippen LogP contribution >= 0.6 is 27.5 Å². The fourth-order valence-electron chi connectivity index (χ4n) is 0.689. The third-order valence-corrected chi connectivity index (χ3v) is 2.30. The third kappa shape index (κ3) is 22.4. The average Bonchev–Trinajstić information content (AvgIpc) is 2.12. The monoisotopic (exact) mass is 256 g/mol. The predicted octanol–water partition coefficient (Wildman–Crippen LogP) is 4.99. The summed E-state index contributed by atoms with van der Waals surface area (Å²) in [6.07, 6.45) is 7.75. The van der Waals surface area contributed by atoms with Gasteiger partial charge in [0.1, 0.15) is 0 Å². The van der Waals surface area contributed by atoms with Gasteiger partial charge in [0.25, 0.3) is 0 Å². The highest BCUT2D eigenvalue weighted by Crippen LogP contribution is 1.95. The summed E-state index contributed by atoms with van der Waals surface area (Å²) in [4.78, 5) is 0. The molecule has 0 aromatic rings. The first-order chi connectivity index (χ1) is 5.83. The second-order valence-electron chi connectivity index (χ2n) is 2.79. The van der Waals surface area contributed by atoms with Crippen LogP contribution in [0.2, 0.25) is 0 Å². The van der Waals surface area contributed by atoms with Crippen LogP contribution in [-0.2, 0) is 0 Å². The van der Waals surface area contributed by atoms with Crippen LogP contribution in [-0.4, -0.2) is 11.2 Å². The highest BCUT2D eigenvalue weighted by molar-refractivity contribution is 9.09. The molecule has 0 fully saturated rings. The smallest absolute Gasteiger partial charge is 0.0223 e. The number of hydrogen-bond donors (Lipinski definition) is 0. The second-order valence-corrected chi connectivity index (χ2v) is 3.96. The van der Waals surface area contributed by atoms with Gasteiger partial charge in [0.05, 0.1) is 0 Å². The molecule has 0 bridgehead atoms. The maximum atomic E-state index is 5.38. The van der Waals surface area contributed by atoms with Crippen molar-refractivity contribution in [2.75, 3.05) is 11.2 Å². The number of alkyl halides is 2. The topological polar surface area (TPSA) is 0 Å². The normalized spacial score (nSPS) is 9.00. The Labute approximate surface area is 91.2 Å². The van der Waals surface area contributed by atoms with E-state index in [0.717, 1.165) is 5.88 Å². The molecular formula is C10H22BrCl. The molecular weight excluding hydrogens is 235 g/mol. The van der Waals surface area contributed by atoms with E-state index in [1.165, 1.54) is 43.9 Å². The summed E-state index contributed by atoms with van der Waals surface area (Å²) < 4.78 is 0. The van der Waals surface area contributed by atoms with Crippen molar-refractivity contribution in [3.8, 4) is 0 Å². The fraction of sp³-hybridized carbons (Fsp3) is 1.00. The quantitative estimate of drug-likeness (QED) is 0.465. The van der Waals surface area contributed by atoms with Gasteiger partial charge in [-0.25, -0.2) is 0 Å². The van der Waals surface area contributed by atoms with Crippen molar-refractivity contribution in [3.05, 3.63) is 0 Å². The first-order valence-electron chi connectivity index (χ1n) is 4.95. The van der Waals surface area contributed by atoms with Crippen LogP contribution < -0.4 is 0 Å². The van der Waals surface area contributed by atoms with Crippen molar-refractivity contribution in [2.24, 2.45) is 0 Å². The van der Waals surface area contributed by atoms with Crippen LogP contribution in [0.1, 0.15) is 52.4 Å². The maximum absolute atomic E-state index is 5.38. The summed E-state index contributed by atoms with van der Waals surface area (Å²) in [6.45, 7) is 4.38. The molecule has 0 saturated carbocycles. The van der Waals surface area contributed by atoms with Gasteiger partial charge in [-0.2, -0.15) is 0 Å². The van der Waals surface area contributed by atoms with E-state index >= 15 is 0 Å². The van der Waals surface area contributed by atoms with E-state index in [-0.39, 0.29) is 0 Å². The van der Waals surface area contributed by atoms with E-state index in [2.05, 4.69) is 29.8 Å². The van der Waals surface area contributed by atoms with Crippen molar-refractivity contribution in [3.63, 3.8) is 0 Å². The fourth-order valence-corrected chi connectivity index (χ4v) is 1.27. The molecule has 0 nitrogen and oxygen atoms in total. The van der Waals surface area contributed by atoms with Crippen LogP contribution in [0.4, 0.5) is 0 Å². The van der Waals surface area contributed by atoms with E-state index in [9.17, 15) is 0 Å². The highest BCUT2D eigenvalue weighted by atomic mass is 79.9. The van der Waals surface area contributed by atoms with Gasteiger partial charge in [-0.05, 0) is 12.8 Å². The minimum atomic E-state index is 0.827. The molecule has 76 valence electrons. The molecule has 0 radical (unpaired) electrons. The lowest BCUT2D eigenvalue weighted by molar-refractivity contribution is 0.776. The Kier molecular flexibility index (Phi) is 22.6. The Hall–Kier alpha value is 0.770. The van der Waals surface area contributed by atoms with Crippen molar-refractivity contribution in [2.45, 2.75) is 52.4 Å². The molecule has 0 rings (SSSR count). The third-order valence-electron chi connectivity index (χ3n) is 1.47. The van der Waals surface area contributed by atoms with Gasteiger partial charge in [0.15, 0.2) is 0 Å². The first kappa shape index (κ1) is 15.3. The molecule has 0 aromatic heterocycles. The minimum absolute atomic E-state index is 0.827. The molecule has 0 aromatic carbocycles. The lowest BCUT2D eigenvalue weighted by atomic mass is 10.3. The standard InChI is InChI=1S/C5H11Br.C5H11Cl/c2*1-2-3-4-5-6/h2*2-5H2,1H3. The number of rotatable bonds is 6. The molecule has 12 heavy (non-hydrogen) atoms. The Morgan fingerprint density at radius 1 is 0.917 bits per heavy atom. The van der Waals surface area contributed by atoms with Gasteiger partial charge in [-0.15, -0.1) is 11.6 Å². The summed E-state index contributed by atoms with van der Waals surface area (Å²) in [5.74, 6) is 0.827. The molecule has 0 aliphatic rings. The summed E-state index contributed by atoms with van der Waals surface area (Å²) in [5, 5.41) is 1.17. The molecule has 0 saturated heterocycles. The molecule has 0 atom stereocenters. The van der Waals surface area contributed by atoms with Gasteiger partial charge in [-0.3, -0.25) is 0 Å². The van der Waals surface area contributed by atoms with Crippen molar-refractivity contribution in [1.82, 2.24) is 0 Å². The molecule has 0 aliphatic heterocycles. The average molecular weight is 258 g/mol. The Bertz CT molecular complexity index is 41.8. The van der Waals surface area contributed by atoms with Gasteiger partial charge in [0, 0.05) is 11.2 Å². The Morgan fingerprint density at radius 2 is 1.42 bits per heavy atom. The largest absolute Gasteiger partial charge is 0.127 e. The van der Waals surface area contributed by atoms with Crippen LogP contribution in [0.15, 0.2) is 0 Å². The zero-order chi connectivity index (χ0) is 9.66. The SMILES string of the molecule is CCCCCBr.CCCCCCl. The number of unbranched alkanes of at least 4 members (excludes halogenated alkanes) is 4. The maximum Gasteiger partial charge on any atom is 0.0223 e. The predicted molar refractivity (Wildman–Crippen MR) is 63.6 cm³/mol. The van der Waals surface area contributed by atoms with Crippen LogP contribution in [0.25, 0.3) is 0 Å². The van der Waals surface area contributed by atoms with E-state index in [1.807, 2.05) is 0 Å². The molecule has 0 heterocycles. The second kappa shape index (κ2) is 17.8. The van der Waals surface area contributed by atoms with Crippen molar-refractivity contribution >= 4 is 27.5 Å². The molecule has 0 amide bonds. The molecule has 2 heteroatoms. The van der Waals surface area contributed by atoms with E-state index < -0.39 is 0 Å². The zero-order valence-corrected chi connectivity index (χ0v) is 10.8. The minimum Gasteiger partial charge on any atom is -0.127 e. The highest BCUT2D eigenvalue weighted by Gasteiger charge is 1.77. The number of hydrogen-bond acceptors (Lipinski definition) is 0. The molecule has 0 aliphatic carbocycles. The summed E-state index contributed by atoms with van der Waals surface area (Å²) in [5.41, 5.74) is 0. The Morgan fingerprint density at radius 3 is 1.58 bits per heavy atom. The summed E-state index contributed by atoms with van der Waals surface area (Å²) in [7, 11) is 0. The lowest BCUT2D eigenvalue weighted by Gasteiger charge is -1.85. The van der Waals surface area contributed by atoms with Crippen molar-refractivity contribution in [1.29, 1.82) is 0 Å². The van der Waals surface area contributed by atoms with E-state index in [4.69, 9.17) is 11.6 Å². The lowest BCUT2D eigenvalue weighted by Crippen LogP contribution is -1.70. The van der Waals surface area contributed by atoms with Crippen LogP contribution in [0.3, 0.4) is 0 Å². The van der Waals surface area contributed by atoms with Crippen LogP contribution in [0.5, 0.6) is 0 Å². The molecule has 0 spiro atoms.